The van der Waals surface area contributed by atoms with Gasteiger partial charge >= 0.3 is 5.97 Å². The number of esters is 1. The molecule has 1 fully saturated rings. The Morgan fingerprint density at radius 1 is 1.04 bits per heavy atom. The van der Waals surface area contributed by atoms with Crippen LogP contribution in [0.3, 0.4) is 0 Å². The summed E-state index contributed by atoms with van der Waals surface area (Å²) in [6.07, 6.45) is 3.60. The highest BCUT2D eigenvalue weighted by Crippen LogP contribution is 2.19. The molecule has 0 aliphatic carbocycles. The minimum atomic E-state index is -0.445. The molecule has 0 saturated carbocycles. The molecule has 2 aromatic rings. The van der Waals surface area contributed by atoms with Gasteiger partial charge in [-0.3, -0.25) is 14.7 Å². The molecule has 0 N–H and O–H groups in total. The standard InChI is InChI=1S/C21H25N3O4/c1-16(23-11-13-24(14-12-23)18-7-9-22-10-8-18)21(26)17-3-5-19(6-4-17)28-15-20(25)27-2/h3-10,16H,11-15H2,1-2H3. The number of anilines is 1. The van der Waals surface area contributed by atoms with Crippen molar-refractivity contribution in [2.75, 3.05) is 44.8 Å². The Bertz CT molecular complexity index is 787. The third-order valence-electron chi connectivity index (χ3n) is 4.99. The first-order chi connectivity index (χ1) is 13.6. The number of aromatic nitrogens is 1. The van der Waals surface area contributed by atoms with Crippen molar-refractivity contribution in [3.63, 3.8) is 0 Å². The van der Waals surface area contributed by atoms with Gasteiger partial charge in [0.15, 0.2) is 12.4 Å². The molecule has 7 nitrogen and oxygen atoms in total. The molecule has 1 aromatic carbocycles. The largest absolute Gasteiger partial charge is 0.482 e. The van der Waals surface area contributed by atoms with Crippen LogP contribution in [0.25, 0.3) is 0 Å². The zero-order valence-corrected chi connectivity index (χ0v) is 16.2. The molecule has 0 bridgehead atoms. The summed E-state index contributed by atoms with van der Waals surface area (Å²) in [5.74, 6) is 0.164. The number of hydrogen-bond acceptors (Lipinski definition) is 7. The number of nitrogens with zero attached hydrogens (tertiary/aromatic N) is 3. The van der Waals surface area contributed by atoms with Crippen LogP contribution in [0.5, 0.6) is 5.75 Å². The van der Waals surface area contributed by atoms with Gasteiger partial charge in [-0.05, 0) is 43.3 Å². The summed E-state index contributed by atoms with van der Waals surface area (Å²) < 4.78 is 9.86. The molecule has 1 saturated heterocycles. The average Bonchev–Trinajstić information content (AvgIpc) is 2.77. The fraction of sp³-hybridized carbons (Fsp3) is 0.381. The van der Waals surface area contributed by atoms with Crippen molar-refractivity contribution in [2.45, 2.75) is 13.0 Å². The number of piperazine rings is 1. The maximum Gasteiger partial charge on any atom is 0.343 e. The number of carbonyl (C=O) groups excluding carboxylic acids is 2. The van der Waals surface area contributed by atoms with E-state index in [1.165, 1.54) is 7.11 Å². The lowest BCUT2D eigenvalue weighted by Crippen LogP contribution is -2.51. The van der Waals surface area contributed by atoms with Crippen molar-refractivity contribution < 1.29 is 19.1 Å². The molecule has 1 atom stereocenters. The van der Waals surface area contributed by atoms with Crippen molar-refractivity contribution in [3.8, 4) is 5.75 Å². The summed E-state index contributed by atoms with van der Waals surface area (Å²) in [4.78, 5) is 32.5. The van der Waals surface area contributed by atoms with Gasteiger partial charge in [0.25, 0.3) is 0 Å². The van der Waals surface area contributed by atoms with Gasteiger partial charge in [-0.2, -0.15) is 0 Å². The molecule has 0 radical (unpaired) electrons. The maximum atomic E-state index is 12.8. The number of hydrogen-bond donors (Lipinski definition) is 0. The van der Waals surface area contributed by atoms with E-state index < -0.39 is 5.97 Å². The zero-order valence-electron chi connectivity index (χ0n) is 16.2. The summed E-state index contributed by atoms with van der Waals surface area (Å²) in [5.41, 5.74) is 1.80. The van der Waals surface area contributed by atoms with Crippen molar-refractivity contribution in [1.82, 2.24) is 9.88 Å². The predicted octanol–water partition coefficient (Wildman–Crippen LogP) is 2.03. The second-order valence-corrected chi connectivity index (χ2v) is 6.66. The van der Waals surface area contributed by atoms with Crippen molar-refractivity contribution >= 4 is 17.4 Å². The van der Waals surface area contributed by atoms with Crippen LogP contribution in [0.15, 0.2) is 48.8 Å². The number of Topliss-reactive ketones (excluding diaryl/α,β-unsaturated/α-hetero) is 1. The quantitative estimate of drug-likeness (QED) is 0.535. The minimum absolute atomic E-state index is 0.0804. The topological polar surface area (TPSA) is 72.0 Å². The van der Waals surface area contributed by atoms with Crippen LogP contribution in [0.4, 0.5) is 5.69 Å². The number of ether oxygens (including phenoxy) is 2. The summed E-state index contributed by atoms with van der Waals surface area (Å²) in [6.45, 7) is 5.21. The number of carbonyl (C=O) groups is 2. The molecule has 1 aliphatic heterocycles. The summed E-state index contributed by atoms with van der Waals surface area (Å²) in [7, 11) is 1.31. The summed E-state index contributed by atoms with van der Waals surface area (Å²) in [6, 6.07) is 10.7. The van der Waals surface area contributed by atoms with Crippen LogP contribution in [0, 0.1) is 0 Å². The predicted molar refractivity (Wildman–Crippen MR) is 106 cm³/mol. The Hall–Kier alpha value is -2.93. The number of benzene rings is 1. The molecular weight excluding hydrogens is 358 g/mol. The number of methoxy groups -OCH3 is 1. The first kappa shape index (κ1) is 19.8. The third-order valence-corrected chi connectivity index (χ3v) is 4.99. The molecule has 0 amide bonds. The van der Waals surface area contributed by atoms with Gasteiger partial charge in [0.05, 0.1) is 13.2 Å². The van der Waals surface area contributed by atoms with E-state index >= 15 is 0 Å². The van der Waals surface area contributed by atoms with Crippen LogP contribution >= 0.6 is 0 Å². The van der Waals surface area contributed by atoms with Crippen LogP contribution in [0.1, 0.15) is 17.3 Å². The van der Waals surface area contributed by atoms with Crippen molar-refractivity contribution in [1.29, 1.82) is 0 Å². The third kappa shape index (κ3) is 4.86. The summed E-state index contributed by atoms with van der Waals surface area (Å²) in [5, 5.41) is 0. The lowest BCUT2D eigenvalue weighted by Gasteiger charge is -2.38. The Balaban J connectivity index is 1.54. The molecule has 1 unspecified atom stereocenters. The lowest BCUT2D eigenvalue weighted by molar-refractivity contribution is -0.142. The monoisotopic (exact) mass is 383 g/mol. The van der Waals surface area contributed by atoms with Gasteiger partial charge in [0.2, 0.25) is 0 Å². The van der Waals surface area contributed by atoms with Crippen LogP contribution < -0.4 is 9.64 Å². The van der Waals surface area contributed by atoms with E-state index in [9.17, 15) is 9.59 Å². The second kappa shape index (κ2) is 9.32. The van der Waals surface area contributed by atoms with Crippen LogP contribution in [0.2, 0.25) is 0 Å². The second-order valence-electron chi connectivity index (χ2n) is 6.66. The fourth-order valence-corrected chi connectivity index (χ4v) is 3.25. The summed E-state index contributed by atoms with van der Waals surface area (Å²) >= 11 is 0. The Labute approximate surface area is 164 Å². The highest BCUT2D eigenvalue weighted by atomic mass is 16.6. The zero-order chi connectivity index (χ0) is 19.9. The van der Waals surface area contributed by atoms with E-state index in [0.717, 1.165) is 31.9 Å². The molecule has 1 aliphatic rings. The van der Waals surface area contributed by atoms with E-state index in [1.807, 2.05) is 19.1 Å². The first-order valence-electron chi connectivity index (χ1n) is 9.31. The molecule has 28 heavy (non-hydrogen) atoms. The minimum Gasteiger partial charge on any atom is -0.482 e. The van der Waals surface area contributed by atoms with Gasteiger partial charge in [-0.1, -0.05) is 0 Å². The van der Waals surface area contributed by atoms with E-state index in [-0.39, 0.29) is 18.4 Å². The van der Waals surface area contributed by atoms with Crippen LogP contribution in [-0.2, 0) is 9.53 Å². The van der Waals surface area contributed by atoms with E-state index in [1.54, 1.807) is 36.7 Å². The molecule has 7 heteroatoms. The van der Waals surface area contributed by atoms with Gasteiger partial charge in [0, 0.05) is 49.8 Å². The smallest absolute Gasteiger partial charge is 0.343 e. The molecule has 1 aromatic heterocycles. The van der Waals surface area contributed by atoms with Gasteiger partial charge in [-0.15, -0.1) is 0 Å². The molecule has 3 rings (SSSR count). The number of pyridine rings is 1. The molecule has 148 valence electrons. The van der Waals surface area contributed by atoms with E-state index in [0.29, 0.717) is 11.3 Å². The van der Waals surface area contributed by atoms with Crippen molar-refractivity contribution in [3.05, 3.63) is 54.4 Å². The molecule has 0 spiro atoms. The van der Waals surface area contributed by atoms with E-state index in [2.05, 4.69) is 19.5 Å². The Morgan fingerprint density at radius 3 is 2.29 bits per heavy atom. The number of ketones is 1. The molecule has 2 heterocycles. The maximum absolute atomic E-state index is 12.8. The van der Waals surface area contributed by atoms with Crippen molar-refractivity contribution in [2.24, 2.45) is 0 Å². The SMILES string of the molecule is COC(=O)COc1ccc(C(=O)C(C)N2CCN(c3ccncc3)CC2)cc1. The average molecular weight is 383 g/mol. The van der Waals surface area contributed by atoms with E-state index in [4.69, 9.17) is 4.74 Å². The first-order valence-corrected chi connectivity index (χ1v) is 9.31. The normalized spacial score (nSPS) is 15.7. The Kier molecular flexibility index (Phi) is 6.60. The highest BCUT2D eigenvalue weighted by Gasteiger charge is 2.26. The van der Waals surface area contributed by atoms with Gasteiger partial charge in [-0.25, -0.2) is 4.79 Å². The fourth-order valence-electron chi connectivity index (χ4n) is 3.25. The number of rotatable bonds is 7. The van der Waals surface area contributed by atoms with Gasteiger partial charge in [0.1, 0.15) is 5.75 Å². The highest BCUT2D eigenvalue weighted by molar-refractivity contribution is 6.00. The lowest BCUT2D eigenvalue weighted by atomic mass is 10.0. The van der Waals surface area contributed by atoms with Gasteiger partial charge < -0.3 is 14.4 Å². The Morgan fingerprint density at radius 2 is 1.68 bits per heavy atom. The molecular formula is C21H25N3O4. The van der Waals surface area contributed by atoms with Crippen LogP contribution in [-0.4, -0.2) is 67.6 Å².